The predicted octanol–water partition coefficient (Wildman–Crippen LogP) is 4.44. The number of carbonyl (C=O) groups excluding carboxylic acids is 1. The van der Waals surface area contributed by atoms with Gasteiger partial charge in [-0.15, -0.1) is 11.3 Å². The first-order valence-corrected chi connectivity index (χ1v) is 12.4. The Morgan fingerprint density at radius 2 is 1.72 bits per heavy atom. The highest BCUT2D eigenvalue weighted by Crippen LogP contribution is 2.33. The number of sulfonamides is 1. The van der Waals surface area contributed by atoms with Crippen LogP contribution in [-0.4, -0.2) is 44.9 Å². The van der Waals surface area contributed by atoms with E-state index in [9.17, 15) is 17.6 Å². The number of anilines is 1. The SMILES string of the molecule is Cc1ccc(NC(=O)c2cc(C)c(-c3ccc(F)cc3)s2)cc1S(=O)(=O)N1CCOCC1. The van der Waals surface area contributed by atoms with Crippen LogP contribution in [0.4, 0.5) is 10.1 Å². The van der Waals surface area contributed by atoms with E-state index in [1.54, 1.807) is 37.3 Å². The van der Waals surface area contributed by atoms with Crippen LogP contribution in [0, 0.1) is 19.7 Å². The molecule has 4 rings (SSSR count). The zero-order valence-corrected chi connectivity index (χ0v) is 19.4. The maximum atomic E-state index is 13.2. The number of nitrogens with zero attached hydrogens (tertiary/aromatic N) is 1. The highest BCUT2D eigenvalue weighted by Gasteiger charge is 2.28. The van der Waals surface area contributed by atoms with Crippen LogP contribution in [0.5, 0.6) is 0 Å². The summed E-state index contributed by atoms with van der Waals surface area (Å²) >= 11 is 1.31. The normalized spacial score (nSPS) is 15.0. The van der Waals surface area contributed by atoms with Crippen LogP contribution in [0.3, 0.4) is 0 Å². The molecule has 1 amide bonds. The first-order chi connectivity index (χ1) is 15.3. The molecule has 168 valence electrons. The van der Waals surface area contributed by atoms with Crippen LogP contribution in [-0.2, 0) is 14.8 Å². The molecular formula is C23H23FN2O4S2. The van der Waals surface area contributed by atoms with Crippen molar-refractivity contribution in [2.24, 2.45) is 0 Å². The smallest absolute Gasteiger partial charge is 0.265 e. The van der Waals surface area contributed by atoms with Crippen LogP contribution >= 0.6 is 11.3 Å². The average Bonchev–Trinajstić information content (AvgIpc) is 3.18. The summed E-state index contributed by atoms with van der Waals surface area (Å²) in [7, 11) is -3.68. The summed E-state index contributed by atoms with van der Waals surface area (Å²) < 4.78 is 46.0. The van der Waals surface area contributed by atoms with Gasteiger partial charge in [0, 0.05) is 23.7 Å². The molecule has 1 aliphatic heterocycles. The van der Waals surface area contributed by atoms with E-state index in [1.165, 1.54) is 33.8 Å². The molecule has 9 heteroatoms. The molecule has 0 unspecified atom stereocenters. The maximum absolute atomic E-state index is 13.2. The number of aryl methyl sites for hydroxylation is 2. The van der Waals surface area contributed by atoms with Gasteiger partial charge in [-0.2, -0.15) is 4.31 Å². The van der Waals surface area contributed by atoms with E-state index in [-0.39, 0.29) is 16.6 Å². The van der Waals surface area contributed by atoms with E-state index in [1.807, 2.05) is 6.92 Å². The van der Waals surface area contributed by atoms with Crippen molar-refractivity contribution in [1.29, 1.82) is 0 Å². The number of thiophene rings is 1. The molecule has 1 saturated heterocycles. The van der Waals surface area contributed by atoms with E-state index in [0.29, 0.717) is 42.4 Å². The second-order valence-corrected chi connectivity index (χ2v) is 10.5. The molecule has 0 spiro atoms. The molecule has 2 aromatic carbocycles. The van der Waals surface area contributed by atoms with Gasteiger partial charge in [0.1, 0.15) is 5.82 Å². The first-order valence-electron chi connectivity index (χ1n) is 10.1. The van der Waals surface area contributed by atoms with Crippen LogP contribution in [0.25, 0.3) is 10.4 Å². The molecule has 0 radical (unpaired) electrons. The van der Waals surface area contributed by atoms with Crippen molar-refractivity contribution in [3.63, 3.8) is 0 Å². The number of benzene rings is 2. The van der Waals surface area contributed by atoms with Gasteiger partial charge in [-0.3, -0.25) is 4.79 Å². The lowest BCUT2D eigenvalue weighted by Crippen LogP contribution is -2.40. The van der Waals surface area contributed by atoms with Gasteiger partial charge in [-0.05, 0) is 60.9 Å². The highest BCUT2D eigenvalue weighted by atomic mass is 32.2. The van der Waals surface area contributed by atoms with Crippen molar-refractivity contribution < 1.29 is 22.3 Å². The van der Waals surface area contributed by atoms with Crippen LogP contribution < -0.4 is 5.32 Å². The molecule has 0 saturated carbocycles. The fraction of sp³-hybridized carbons (Fsp3) is 0.261. The molecule has 3 aromatic rings. The Morgan fingerprint density at radius 3 is 2.41 bits per heavy atom. The molecule has 0 aliphatic carbocycles. The fourth-order valence-corrected chi connectivity index (χ4v) is 6.29. The van der Waals surface area contributed by atoms with Crippen molar-refractivity contribution in [3.8, 4) is 10.4 Å². The van der Waals surface area contributed by atoms with E-state index in [2.05, 4.69) is 5.32 Å². The van der Waals surface area contributed by atoms with Gasteiger partial charge in [-0.25, -0.2) is 12.8 Å². The number of carbonyl (C=O) groups is 1. The Bertz CT molecular complexity index is 1250. The number of hydrogen-bond donors (Lipinski definition) is 1. The zero-order chi connectivity index (χ0) is 22.9. The van der Waals surface area contributed by atoms with Gasteiger partial charge in [0.05, 0.1) is 23.0 Å². The van der Waals surface area contributed by atoms with Crippen LogP contribution in [0.2, 0.25) is 0 Å². The molecule has 6 nitrogen and oxygen atoms in total. The van der Waals surface area contributed by atoms with E-state index in [0.717, 1.165) is 16.0 Å². The van der Waals surface area contributed by atoms with Crippen molar-refractivity contribution >= 4 is 33.0 Å². The molecule has 0 atom stereocenters. The predicted molar refractivity (Wildman–Crippen MR) is 123 cm³/mol. The monoisotopic (exact) mass is 474 g/mol. The topological polar surface area (TPSA) is 75.7 Å². The maximum Gasteiger partial charge on any atom is 0.265 e. The molecular weight excluding hydrogens is 451 g/mol. The summed E-state index contributed by atoms with van der Waals surface area (Å²) in [5.74, 6) is -0.645. The molecule has 1 N–H and O–H groups in total. The van der Waals surface area contributed by atoms with Gasteiger partial charge in [0.25, 0.3) is 5.91 Å². The molecule has 1 aliphatic rings. The minimum Gasteiger partial charge on any atom is -0.379 e. The van der Waals surface area contributed by atoms with Gasteiger partial charge >= 0.3 is 0 Å². The Morgan fingerprint density at radius 1 is 1.03 bits per heavy atom. The summed E-state index contributed by atoms with van der Waals surface area (Å²) in [4.78, 5) is 14.4. The average molecular weight is 475 g/mol. The second-order valence-electron chi connectivity index (χ2n) is 7.58. The van der Waals surface area contributed by atoms with Gasteiger partial charge < -0.3 is 10.1 Å². The summed E-state index contributed by atoms with van der Waals surface area (Å²) in [5.41, 5.74) is 2.76. The third kappa shape index (κ3) is 4.61. The number of halogens is 1. The number of ether oxygens (including phenoxy) is 1. The van der Waals surface area contributed by atoms with Crippen molar-refractivity contribution in [2.75, 3.05) is 31.6 Å². The molecule has 1 fully saturated rings. The Kier molecular flexibility index (Phi) is 6.43. The van der Waals surface area contributed by atoms with E-state index >= 15 is 0 Å². The quantitative estimate of drug-likeness (QED) is 0.593. The lowest BCUT2D eigenvalue weighted by Gasteiger charge is -2.26. The van der Waals surface area contributed by atoms with E-state index in [4.69, 9.17) is 4.74 Å². The standard InChI is InChI=1S/C23H23FN2O4S2/c1-15-3-8-19(14-21(15)32(28,29)26-9-11-30-12-10-26)25-23(27)20-13-16(2)22(31-20)17-4-6-18(24)7-5-17/h3-8,13-14H,9-12H2,1-2H3,(H,25,27). The number of rotatable bonds is 5. The van der Waals surface area contributed by atoms with Crippen molar-refractivity contribution in [1.82, 2.24) is 4.31 Å². The molecule has 0 bridgehead atoms. The Balaban J connectivity index is 1.57. The second kappa shape index (κ2) is 9.11. The largest absolute Gasteiger partial charge is 0.379 e. The number of nitrogens with one attached hydrogen (secondary N) is 1. The van der Waals surface area contributed by atoms with Crippen molar-refractivity contribution in [3.05, 3.63) is 70.4 Å². The molecule has 1 aromatic heterocycles. The summed E-state index contributed by atoms with van der Waals surface area (Å²) in [6.45, 7) is 4.96. The van der Waals surface area contributed by atoms with E-state index < -0.39 is 10.0 Å². The number of hydrogen-bond acceptors (Lipinski definition) is 5. The minimum absolute atomic E-state index is 0.173. The third-order valence-electron chi connectivity index (χ3n) is 5.28. The summed E-state index contributed by atoms with van der Waals surface area (Å²) in [5, 5.41) is 2.81. The molecule has 2 heterocycles. The highest BCUT2D eigenvalue weighted by molar-refractivity contribution is 7.89. The Hall–Kier alpha value is -2.59. The summed E-state index contributed by atoms with van der Waals surface area (Å²) in [6.07, 6.45) is 0. The third-order valence-corrected chi connectivity index (χ3v) is 8.61. The van der Waals surface area contributed by atoms with Crippen LogP contribution in [0.15, 0.2) is 53.4 Å². The summed E-state index contributed by atoms with van der Waals surface area (Å²) in [6, 6.07) is 12.8. The molecule has 32 heavy (non-hydrogen) atoms. The lowest BCUT2D eigenvalue weighted by atomic mass is 10.1. The van der Waals surface area contributed by atoms with Gasteiger partial charge in [0.2, 0.25) is 10.0 Å². The van der Waals surface area contributed by atoms with Crippen molar-refractivity contribution in [2.45, 2.75) is 18.7 Å². The van der Waals surface area contributed by atoms with Gasteiger partial charge in [0.15, 0.2) is 0 Å². The Labute approximate surface area is 190 Å². The zero-order valence-electron chi connectivity index (χ0n) is 17.7. The number of amides is 1. The van der Waals surface area contributed by atoms with Gasteiger partial charge in [-0.1, -0.05) is 18.2 Å². The fourth-order valence-electron chi connectivity index (χ4n) is 3.56. The van der Waals surface area contributed by atoms with Crippen LogP contribution in [0.1, 0.15) is 20.8 Å². The number of morpholine rings is 1. The first kappa shape index (κ1) is 22.6. The minimum atomic E-state index is -3.68. The lowest BCUT2D eigenvalue weighted by molar-refractivity contribution is 0.0730.